The summed E-state index contributed by atoms with van der Waals surface area (Å²) in [4.78, 5) is 7.33. The van der Waals surface area contributed by atoms with E-state index in [0.29, 0.717) is 0 Å². The second kappa shape index (κ2) is 9.63. The first-order valence-electron chi connectivity index (χ1n) is 12.3. The normalized spacial score (nSPS) is 18.4. The highest BCUT2D eigenvalue weighted by molar-refractivity contribution is 8.69. The lowest BCUT2D eigenvalue weighted by atomic mass is 9.68. The van der Waals surface area contributed by atoms with Crippen molar-refractivity contribution in [3.8, 4) is 0 Å². The summed E-state index contributed by atoms with van der Waals surface area (Å²) in [5, 5.41) is 5.21. The maximum absolute atomic E-state index is 4.94. The van der Waals surface area contributed by atoms with Crippen molar-refractivity contribution in [2.75, 3.05) is 0 Å². The van der Waals surface area contributed by atoms with Crippen molar-refractivity contribution >= 4 is 78.6 Å². The number of benzene rings is 4. The van der Waals surface area contributed by atoms with Crippen molar-refractivity contribution in [1.29, 1.82) is 0 Å². The molecule has 180 valence electrons. The van der Waals surface area contributed by atoms with Gasteiger partial charge in [-0.05, 0) is 68.1 Å². The second-order valence-corrected chi connectivity index (χ2v) is 11.9. The van der Waals surface area contributed by atoms with E-state index in [0.717, 1.165) is 5.69 Å². The molecule has 5 aromatic rings. The molecule has 2 unspecified atom stereocenters. The van der Waals surface area contributed by atoms with Crippen LogP contribution in [0.25, 0.3) is 33.7 Å². The maximum Gasteiger partial charge on any atom is 0.0453 e. The van der Waals surface area contributed by atoms with Gasteiger partial charge in [0.1, 0.15) is 0 Å². The lowest BCUT2D eigenvalue weighted by Crippen LogP contribution is -2.21. The topological polar surface area (TPSA) is 12.9 Å². The number of hydrogen-bond donors (Lipinski definition) is 2. The molecule has 0 saturated carbocycles. The van der Waals surface area contributed by atoms with Crippen LogP contribution in [0.1, 0.15) is 45.7 Å². The molecule has 0 bridgehead atoms. The first-order valence-corrected chi connectivity index (χ1v) is 16.0. The van der Waals surface area contributed by atoms with E-state index >= 15 is 0 Å². The van der Waals surface area contributed by atoms with Gasteiger partial charge in [0.05, 0.1) is 0 Å². The van der Waals surface area contributed by atoms with Crippen molar-refractivity contribution in [3.05, 3.63) is 125 Å². The number of pyridine rings is 1. The largest absolute Gasteiger partial charge is 0.261 e. The standard InChI is InChI=1S/C32H23NS4/c34-36-28-16-14-21-23(12-10-19-5-3-7-25(28)30(19)21)32(27-9-1-2-18-33-27)24-13-11-20-6-4-8-26-29(37-35)17-15-22(24)31(20)26/h1-18,23-24,32,34-35H. The second-order valence-electron chi connectivity index (χ2n) is 9.58. The molecule has 7 rings (SSSR count). The van der Waals surface area contributed by atoms with E-state index in [4.69, 9.17) is 4.98 Å². The Balaban J connectivity index is 1.47. The average Bonchev–Trinajstić information content (AvgIpc) is 2.96. The van der Waals surface area contributed by atoms with Crippen molar-refractivity contribution in [2.24, 2.45) is 0 Å². The Morgan fingerprint density at radius 1 is 0.622 bits per heavy atom. The van der Waals surface area contributed by atoms with Gasteiger partial charge >= 0.3 is 0 Å². The van der Waals surface area contributed by atoms with Crippen LogP contribution in [0, 0.1) is 0 Å². The summed E-state index contributed by atoms with van der Waals surface area (Å²) in [6.45, 7) is 0. The van der Waals surface area contributed by atoms with Crippen LogP contribution in [-0.4, -0.2) is 4.98 Å². The van der Waals surface area contributed by atoms with Gasteiger partial charge in [-0.3, -0.25) is 4.98 Å². The van der Waals surface area contributed by atoms with Crippen LogP contribution >= 0.6 is 44.9 Å². The highest BCUT2D eigenvalue weighted by Crippen LogP contribution is 2.52. The molecule has 0 radical (unpaired) electrons. The van der Waals surface area contributed by atoms with Gasteiger partial charge in [-0.1, -0.05) is 100 Å². The SMILES string of the molecule is SSc1ccc2c3c(cccc13)C=CC2C(c1ccccn1)C1C=Cc2cccc3c(SS)ccc1c23. The number of hydrogen-bond acceptors (Lipinski definition) is 5. The van der Waals surface area contributed by atoms with Crippen LogP contribution in [0.5, 0.6) is 0 Å². The fraction of sp³-hybridized carbons (Fsp3) is 0.0938. The molecule has 0 saturated heterocycles. The quantitative estimate of drug-likeness (QED) is 0.167. The Labute approximate surface area is 235 Å². The third kappa shape index (κ3) is 3.78. The van der Waals surface area contributed by atoms with E-state index in [1.807, 2.05) is 12.3 Å². The van der Waals surface area contributed by atoms with E-state index in [2.05, 4.69) is 120 Å². The summed E-state index contributed by atoms with van der Waals surface area (Å²) in [5.74, 6) is 0.506. The molecular formula is C32H23NS4. The van der Waals surface area contributed by atoms with E-state index < -0.39 is 0 Å². The van der Waals surface area contributed by atoms with Crippen molar-refractivity contribution < 1.29 is 0 Å². The summed E-state index contributed by atoms with van der Waals surface area (Å²) in [5.41, 5.74) is 6.39. The predicted octanol–water partition coefficient (Wildman–Crippen LogP) is 9.97. The zero-order valence-corrected chi connectivity index (χ0v) is 23.2. The Kier molecular flexibility index (Phi) is 6.13. The highest BCUT2D eigenvalue weighted by atomic mass is 33.1. The Morgan fingerprint density at radius 3 is 1.68 bits per heavy atom. The monoisotopic (exact) mass is 549 g/mol. The number of thiol groups is 2. The third-order valence-corrected chi connectivity index (χ3v) is 10.1. The smallest absolute Gasteiger partial charge is 0.0453 e. The molecule has 2 atom stereocenters. The van der Waals surface area contributed by atoms with Gasteiger partial charge in [0.25, 0.3) is 0 Å². The van der Waals surface area contributed by atoms with E-state index in [1.54, 1.807) is 0 Å². The fourth-order valence-electron chi connectivity index (χ4n) is 6.28. The van der Waals surface area contributed by atoms with Crippen LogP contribution in [0.2, 0.25) is 0 Å². The molecule has 5 heteroatoms. The predicted molar refractivity (Wildman–Crippen MR) is 168 cm³/mol. The molecule has 4 aromatic carbocycles. The average molecular weight is 550 g/mol. The third-order valence-electron chi connectivity index (χ3n) is 7.81. The van der Waals surface area contributed by atoms with Crippen LogP contribution in [0.4, 0.5) is 0 Å². The van der Waals surface area contributed by atoms with Crippen molar-refractivity contribution in [2.45, 2.75) is 27.5 Å². The van der Waals surface area contributed by atoms with Crippen LogP contribution in [0.3, 0.4) is 0 Å². The Morgan fingerprint density at radius 2 is 1.19 bits per heavy atom. The fourth-order valence-corrected chi connectivity index (χ4v) is 8.03. The molecule has 2 aliphatic rings. The number of aromatic nitrogens is 1. The molecule has 1 aromatic heterocycles. The molecule has 1 nitrogen and oxygen atoms in total. The summed E-state index contributed by atoms with van der Waals surface area (Å²) in [6, 6.07) is 28.6. The van der Waals surface area contributed by atoms with Crippen molar-refractivity contribution in [3.63, 3.8) is 0 Å². The highest BCUT2D eigenvalue weighted by Gasteiger charge is 2.36. The Hall–Kier alpha value is -2.57. The summed E-state index contributed by atoms with van der Waals surface area (Å²) < 4.78 is 0. The number of nitrogens with zero attached hydrogens (tertiary/aromatic N) is 1. The molecule has 0 N–H and O–H groups in total. The zero-order chi connectivity index (χ0) is 24.9. The minimum Gasteiger partial charge on any atom is -0.261 e. The summed E-state index contributed by atoms with van der Waals surface area (Å²) in [7, 11) is 3.03. The van der Waals surface area contributed by atoms with Gasteiger partial charge in [-0.2, -0.15) is 0 Å². The maximum atomic E-state index is 4.94. The molecule has 0 aliphatic heterocycles. The van der Waals surface area contributed by atoms with Crippen LogP contribution < -0.4 is 0 Å². The molecule has 0 amide bonds. The van der Waals surface area contributed by atoms with Gasteiger partial charge in [-0.25, -0.2) is 0 Å². The van der Waals surface area contributed by atoms with E-state index in [9.17, 15) is 0 Å². The minimum absolute atomic E-state index is 0.144. The summed E-state index contributed by atoms with van der Waals surface area (Å²) in [6.07, 6.45) is 11.3. The van der Waals surface area contributed by atoms with E-state index in [1.165, 1.54) is 75.2 Å². The molecule has 0 spiro atoms. The van der Waals surface area contributed by atoms with Crippen LogP contribution in [0.15, 0.2) is 107 Å². The summed E-state index contributed by atoms with van der Waals surface area (Å²) >= 11 is 9.09. The zero-order valence-electron chi connectivity index (χ0n) is 19.8. The molecular weight excluding hydrogens is 527 g/mol. The van der Waals surface area contributed by atoms with Gasteiger partial charge in [0.2, 0.25) is 0 Å². The molecule has 0 fully saturated rings. The van der Waals surface area contributed by atoms with Gasteiger partial charge in [0, 0.05) is 39.4 Å². The molecule has 37 heavy (non-hydrogen) atoms. The lowest BCUT2D eigenvalue weighted by Gasteiger charge is -2.35. The number of allylic oxidation sites excluding steroid dienone is 2. The molecule has 2 aliphatic carbocycles. The lowest BCUT2D eigenvalue weighted by molar-refractivity contribution is 0.553. The first-order chi connectivity index (χ1) is 18.3. The van der Waals surface area contributed by atoms with Gasteiger partial charge in [0.15, 0.2) is 0 Å². The minimum atomic E-state index is 0.144. The Bertz CT molecular complexity index is 1620. The van der Waals surface area contributed by atoms with Gasteiger partial charge in [-0.15, -0.1) is 23.3 Å². The van der Waals surface area contributed by atoms with Crippen LogP contribution in [-0.2, 0) is 0 Å². The van der Waals surface area contributed by atoms with E-state index in [-0.39, 0.29) is 17.8 Å². The molecule has 1 heterocycles. The number of rotatable bonds is 5. The first kappa shape index (κ1) is 23.5. The van der Waals surface area contributed by atoms with Crippen molar-refractivity contribution in [1.82, 2.24) is 4.98 Å². The van der Waals surface area contributed by atoms with Gasteiger partial charge < -0.3 is 0 Å².